The van der Waals surface area contributed by atoms with Crippen LogP contribution in [0.2, 0.25) is 0 Å². The van der Waals surface area contributed by atoms with E-state index in [0.717, 1.165) is 28.3 Å². The van der Waals surface area contributed by atoms with Gasteiger partial charge in [-0.15, -0.1) is 11.3 Å². The molecular formula is C15H18BrFN2S. The summed E-state index contributed by atoms with van der Waals surface area (Å²) < 4.78 is 14.8. The molecule has 1 aromatic heterocycles. The minimum atomic E-state index is -0.238. The molecule has 0 radical (unpaired) electrons. The highest BCUT2D eigenvalue weighted by molar-refractivity contribution is 9.10. The molecule has 0 spiro atoms. The van der Waals surface area contributed by atoms with Crippen molar-refractivity contribution in [2.45, 2.75) is 33.2 Å². The first-order valence-corrected chi connectivity index (χ1v) is 8.30. The van der Waals surface area contributed by atoms with Crippen molar-refractivity contribution in [1.82, 2.24) is 10.3 Å². The SMILES string of the molecule is CCNCc1sc(-c2c(F)cccc2Br)nc1C(C)C. The number of nitrogens with zero attached hydrogens (tertiary/aromatic N) is 1. The van der Waals surface area contributed by atoms with E-state index in [2.05, 4.69) is 47.0 Å². The van der Waals surface area contributed by atoms with E-state index in [4.69, 9.17) is 0 Å². The van der Waals surface area contributed by atoms with Gasteiger partial charge in [0, 0.05) is 15.9 Å². The fraction of sp³-hybridized carbons (Fsp3) is 0.400. The number of hydrogen-bond donors (Lipinski definition) is 1. The number of halogens is 2. The Hall–Kier alpha value is -0.780. The van der Waals surface area contributed by atoms with Crippen molar-refractivity contribution in [2.75, 3.05) is 6.54 Å². The molecule has 0 bridgehead atoms. The summed E-state index contributed by atoms with van der Waals surface area (Å²) in [7, 11) is 0. The van der Waals surface area contributed by atoms with Crippen LogP contribution in [0.1, 0.15) is 37.3 Å². The van der Waals surface area contributed by atoms with Crippen LogP contribution in [-0.2, 0) is 6.54 Å². The molecule has 20 heavy (non-hydrogen) atoms. The lowest BCUT2D eigenvalue weighted by Crippen LogP contribution is -2.12. The molecule has 2 nitrogen and oxygen atoms in total. The van der Waals surface area contributed by atoms with Crippen molar-refractivity contribution >= 4 is 27.3 Å². The van der Waals surface area contributed by atoms with Crippen LogP contribution < -0.4 is 5.32 Å². The first kappa shape index (κ1) is 15.6. The fourth-order valence-corrected chi connectivity index (χ4v) is 3.90. The standard InChI is InChI=1S/C15H18BrFN2S/c1-4-18-8-12-14(9(2)3)19-15(20-12)13-10(16)6-5-7-11(13)17/h5-7,9,18H,4,8H2,1-3H3. The molecule has 2 aromatic rings. The molecule has 0 fully saturated rings. The topological polar surface area (TPSA) is 24.9 Å². The molecule has 1 heterocycles. The van der Waals surface area contributed by atoms with Gasteiger partial charge in [0.2, 0.25) is 0 Å². The van der Waals surface area contributed by atoms with Gasteiger partial charge in [-0.05, 0) is 40.5 Å². The second-order valence-electron chi connectivity index (χ2n) is 4.86. The highest BCUT2D eigenvalue weighted by atomic mass is 79.9. The lowest BCUT2D eigenvalue weighted by atomic mass is 10.1. The quantitative estimate of drug-likeness (QED) is 0.820. The molecule has 0 saturated heterocycles. The van der Waals surface area contributed by atoms with Gasteiger partial charge in [0.15, 0.2) is 0 Å². The summed E-state index contributed by atoms with van der Waals surface area (Å²) in [4.78, 5) is 5.85. The van der Waals surface area contributed by atoms with Gasteiger partial charge in [0.05, 0.1) is 11.3 Å². The second-order valence-corrected chi connectivity index (χ2v) is 6.80. The van der Waals surface area contributed by atoms with E-state index < -0.39 is 0 Å². The third-order valence-corrected chi connectivity index (χ3v) is 4.74. The normalized spacial score (nSPS) is 11.3. The summed E-state index contributed by atoms with van der Waals surface area (Å²) in [5.41, 5.74) is 1.61. The number of hydrogen-bond acceptors (Lipinski definition) is 3. The molecular weight excluding hydrogens is 339 g/mol. The predicted molar refractivity (Wildman–Crippen MR) is 86.7 cm³/mol. The van der Waals surface area contributed by atoms with Crippen LogP contribution in [0, 0.1) is 5.82 Å². The average molecular weight is 357 g/mol. The van der Waals surface area contributed by atoms with E-state index in [9.17, 15) is 4.39 Å². The molecule has 0 aliphatic heterocycles. The Labute approximate surface area is 131 Å². The second kappa shape index (κ2) is 6.78. The molecule has 0 amide bonds. The molecule has 0 aliphatic carbocycles. The lowest BCUT2D eigenvalue weighted by Gasteiger charge is -2.04. The zero-order valence-electron chi connectivity index (χ0n) is 11.8. The van der Waals surface area contributed by atoms with Gasteiger partial charge in [-0.2, -0.15) is 0 Å². The van der Waals surface area contributed by atoms with Crippen molar-refractivity contribution in [2.24, 2.45) is 0 Å². The van der Waals surface area contributed by atoms with E-state index in [1.165, 1.54) is 10.9 Å². The molecule has 0 saturated carbocycles. The van der Waals surface area contributed by atoms with Gasteiger partial charge in [-0.25, -0.2) is 9.37 Å². The molecule has 1 N–H and O–H groups in total. The highest BCUT2D eigenvalue weighted by Crippen LogP contribution is 2.36. The van der Waals surface area contributed by atoms with Crippen LogP contribution in [0.25, 0.3) is 10.6 Å². The zero-order chi connectivity index (χ0) is 14.7. The van der Waals surface area contributed by atoms with Crippen LogP contribution in [0.5, 0.6) is 0 Å². The molecule has 0 unspecified atom stereocenters. The summed E-state index contributed by atoms with van der Waals surface area (Å²) >= 11 is 4.98. The highest BCUT2D eigenvalue weighted by Gasteiger charge is 2.18. The number of nitrogens with one attached hydrogen (secondary N) is 1. The molecule has 1 aromatic carbocycles. The van der Waals surface area contributed by atoms with Crippen molar-refractivity contribution in [3.63, 3.8) is 0 Å². The van der Waals surface area contributed by atoms with E-state index in [0.29, 0.717) is 11.5 Å². The summed E-state index contributed by atoms with van der Waals surface area (Å²) in [6.07, 6.45) is 0. The van der Waals surface area contributed by atoms with Crippen LogP contribution in [0.4, 0.5) is 4.39 Å². The van der Waals surface area contributed by atoms with Gasteiger partial charge >= 0.3 is 0 Å². The summed E-state index contributed by atoms with van der Waals surface area (Å²) in [5, 5.41) is 4.06. The summed E-state index contributed by atoms with van der Waals surface area (Å²) in [6, 6.07) is 5.01. The first-order valence-electron chi connectivity index (χ1n) is 6.69. The van der Waals surface area contributed by atoms with Crippen molar-refractivity contribution in [3.8, 4) is 10.6 Å². The van der Waals surface area contributed by atoms with Crippen LogP contribution in [-0.4, -0.2) is 11.5 Å². The Morgan fingerprint density at radius 2 is 2.15 bits per heavy atom. The Morgan fingerprint density at radius 1 is 1.40 bits per heavy atom. The maximum Gasteiger partial charge on any atom is 0.134 e. The van der Waals surface area contributed by atoms with Gasteiger partial charge in [0.25, 0.3) is 0 Å². The maximum absolute atomic E-state index is 14.1. The van der Waals surface area contributed by atoms with E-state index in [1.54, 1.807) is 17.4 Å². The van der Waals surface area contributed by atoms with E-state index >= 15 is 0 Å². The fourth-order valence-electron chi connectivity index (χ4n) is 1.99. The van der Waals surface area contributed by atoms with Crippen molar-refractivity contribution in [3.05, 3.63) is 39.1 Å². The Balaban J connectivity index is 2.47. The smallest absolute Gasteiger partial charge is 0.134 e. The maximum atomic E-state index is 14.1. The van der Waals surface area contributed by atoms with Crippen LogP contribution in [0.3, 0.4) is 0 Å². The van der Waals surface area contributed by atoms with Crippen molar-refractivity contribution in [1.29, 1.82) is 0 Å². The van der Waals surface area contributed by atoms with Crippen molar-refractivity contribution < 1.29 is 4.39 Å². The molecule has 0 aliphatic rings. The first-order chi connectivity index (χ1) is 9.54. The Morgan fingerprint density at radius 3 is 2.75 bits per heavy atom. The largest absolute Gasteiger partial charge is 0.312 e. The van der Waals surface area contributed by atoms with Gasteiger partial charge in [-0.3, -0.25) is 0 Å². The van der Waals surface area contributed by atoms with Crippen LogP contribution in [0.15, 0.2) is 22.7 Å². The number of aromatic nitrogens is 1. The summed E-state index contributed by atoms with van der Waals surface area (Å²) in [6.45, 7) is 8.00. The Kier molecular flexibility index (Phi) is 5.29. The zero-order valence-corrected chi connectivity index (χ0v) is 14.2. The van der Waals surface area contributed by atoms with E-state index in [-0.39, 0.29) is 5.82 Å². The lowest BCUT2D eigenvalue weighted by molar-refractivity contribution is 0.630. The Bertz CT molecular complexity index is 575. The predicted octanol–water partition coefficient (Wildman–Crippen LogP) is 4.94. The number of thiazole rings is 1. The van der Waals surface area contributed by atoms with E-state index in [1.807, 2.05) is 6.07 Å². The van der Waals surface area contributed by atoms with Gasteiger partial charge in [0.1, 0.15) is 10.8 Å². The monoisotopic (exact) mass is 356 g/mol. The summed E-state index contributed by atoms with van der Waals surface area (Å²) in [5.74, 6) is 0.0950. The molecule has 0 atom stereocenters. The third-order valence-electron chi connectivity index (χ3n) is 2.99. The molecule has 5 heteroatoms. The van der Waals surface area contributed by atoms with Crippen LogP contribution >= 0.6 is 27.3 Å². The molecule has 2 rings (SSSR count). The third kappa shape index (κ3) is 3.27. The van der Waals surface area contributed by atoms with Gasteiger partial charge in [-0.1, -0.05) is 26.8 Å². The molecule has 108 valence electrons. The number of benzene rings is 1. The van der Waals surface area contributed by atoms with Gasteiger partial charge < -0.3 is 5.32 Å². The average Bonchev–Trinajstić information content (AvgIpc) is 2.80. The number of rotatable bonds is 5. The minimum Gasteiger partial charge on any atom is -0.312 e. The minimum absolute atomic E-state index is 0.238.